The summed E-state index contributed by atoms with van der Waals surface area (Å²) in [5, 5.41) is 14.1. The summed E-state index contributed by atoms with van der Waals surface area (Å²) in [6, 6.07) is 2.11. The van der Waals surface area contributed by atoms with Gasteiger partial charge in [0.2, 0.25) is 0 Å². The van der Waals surface area contributed by atoms with Gasteiger partial charge in [0.15, 0.2) is 5.78 Å². The molecule has 4 saturated carbocycles. The predicted molar refractivity (Wildman–Crippen MR) is 124 cm³/mol. The summed E-state index contributed by atoms with van der Waals surface area (Å²) in [4.78, 5) is 13.3. The average molecular weight is 440 g/mol. The second-order valence-corrected chi connectivity index (χ2v) is 12.5. The molecule has 1 heterocycles. The molecule has 4 aliphatic rings. The van der Waals surface area contributed by atoms with Gasteiger partial charge in [-0.05, 0) is 98.5 Å². The van der Waals surface area contributed by atoms with Gasteiger partial charge in [0.05, 0.1) is 18.3 Å². The fraction of sp³-hybridized carbons (Fsp3) is 0.808. The molecule has 168 valence electrons. The van der Waals surface area contributed by atoms with Crippen LogP contribution in [0.5, 0.6) is 0 Å². The Balaban J connectivity index is 1.33. The number of thioether (sulfide) groups is 1. The van der Waals surface area contributed by atoms with Crippen LogP contribution >= 0.6 is 11.8 Å². The van der Waals surface area contributed by atoms with Crippen LogP contribution in [0.3, 0.4) is 0 Å². The van der Waals surface area contributed by atoms with E-state index >= 15 is 0 Å². The highest BCUT2D eigenvalue weighted by Gasteiger charge is 2.59. The minimum Gasteiger partial charge on any atom is -0.297 e. The lowest BCUT2D eigenvalue weighted by molar-refractivity contribution is -0.131. The fourth-order valence-corrected chi connectivity index (χ4v) is 10.00. The Morgan fingerprint density at radius 3 is 2.84 bits per heavy atom. The van der Waals surface area contributed by atoms with E-state index in [1.165, 1.54) is 44.9 Å². The van der Waals surface area contributed by atoms with Crippen molar-refractivity contribution in [1.29, 1.82) is 5.26 Å². The molecular weight excluding hydrogens is 402 g/mol. The minimum atomic E-state index is 0.160. The molecule has 5 heteroatoms. The molecule has 1 aromatic rings. The summed E-state index contributed by atoms with van der Waals surface area (Å²) in [5.74, 6) is 5.68. The summed E-state index contributed by atoms with van der Waals surface area (Å²) >= 11 is 2.14. The van der Waals surface area contributed by atoms with Crippen molar-refractivity contribution in [1.82, 2.24) is 9.78 Å². The number of nitrogens with zero attached hydrogens (tertiary/aromatic N) is 3. The Morgan fingerprint density at radius 2 is 2.10 bits per heavy atom. The van der Waals surface area contributed by atoms with Gasteiger partial charge in [0.25, 0.3) is 0 Å². The van der Waals surface area contributed by atoms with Crippen molar-refractivity contribution in [2.75, 3.05) is 6.26 Å². The van der Waals surface area contributed by atoms with Crippen molar-refractivity contribution < 1.29 is 4.79 Å². The third-order valence-electron chi connectivity index (χ3n) is 9.94. The van der Waals surface area contributed by atoms with Crippen LogP contribution in [-0.4, -0.2) is 27.1 Å². The first-order valence-electron chi connectivity index (χ1n) is 12.4. The highest BCUT2D eigenvalue weighted by molar-refractivity contribution is 7.99. The number of ketones is 1. The Hall–Kier alpha value is -1.28. The van der Waals surface area contributed by atoms with Crippen molar-refractivity contribution in [2.24, 2.45) is 46.8 Å². The predicted octanol–water partition coefficient (Wildman–Crippen LogP) is 5.57. The number of rotatable bonds is 4. The molecule has 0 amide bonds. The molecule has 0 aromatic carbocycles. The first-order chi connectivity index (χ1) is 14.9. The second-order valence-electron chi connectivity index (χ2n) is 11.4. The normalized spacial score (nSPS) is 44.1. The maximum absolute atomic E-state index is 13.3. The van der Waals surface area contributed by atoms with Crippen LogP contribution in [0.25, 0.3) is 0 Å². The number of hydrogen-bond acceptors (Lipinski definition) is 4. The summed E-state index contributed by atoms with van der Waals surface area (Å²) in [6.07, 6.45) is 16.1. The highest BCUT2D eigenvalue weighted by atomic mass is 32.2. The van der Waals surface area contributed by atoms with E-state index in [-0.39, 0.29) is 11.3 Å². The molecule has 4 nitrogen and oxygen atoms in total. The first-order valence-corrected chi connectivity index (χ1v) is 13.7. The van der Waals surface area contributed by atoms with E-state index in [0.29, 0.717) is 17.9 Å². The third-order valence-corrected chi connectivity index (χ3v) is 11.1. The molecule has 31 heavy (non-hydrogen) atoms. The lowest BCUT2D eigenvalue weighted by atomic mass is 9.49. The lowest BCUT2D eigenvalue weighted by Gasteiger charge is -2.57. The van der Waals surface area contributed by atoms with E-state index in [1.54, 1.807) is 17.1 Å². The van der Waals surface area contributed by atoms with Gasteiger partial charge in [0.1, 0.15) is 6.07 Å². The maximum atomic E-state index is 13.3. The lowest BCUT2D eigenvalue weighted by Crippen LogP contribution is -2.52. The average Bonchev–Trinajstić information content (AvgIpc) is 3.36. The molecule has 4 aliphatic carbocycles. The van der Waals surface area contributed by atoms with Crippen LogP contribution in [0, 0.1) is 58.2 Å². The van der Waals surface area contributed by atoms with Gasteiger partial charge in [0, 0.05) is 17.4 Å². The number of carbonyl (C=O) groups is 1. The SMILES string of the molecule is CSC1C[C@H](C)C[C@H]2CCC3[C@H](CC[C@]4(C)[C@@H](C(=O)Cn5cc(C#N)cn5)CC[C@@H]34)[C@@H]12. The Kier molecular flexibility index (Phi) is 5.74. The van der Waals surface area contributed by atoms with Crippen LogP contribution in [0.15, 0.2) is 12.4 Å². The minimum absolute atomic E-state index is 0.160. The first kappa shape index (κ1) is 21.6. The molecule has 0 spiro atoms. The Morgan fingerprint density at radius 1 is 1.26 bits per heavy atom. The van der Waals surface area contributed by atoms with Gasteiger partial charge in [-0.1, -0.05) is 13.8 Å². The van der Waals surface area contributed by atoms with Crippen LogP contribution < -0.4 is 0 Å². The Labute approximate surface area is 191 Å². The summed E-state index contributed by atoms with van der Waals surface area (Å²) in [5.41, 5.74) is 0.693. The second kappa shape index (κ2) is 8.25. The van der Waals surface area contributed by atoms with E-state index in [1.807, 2.05) is 0 Å². The zero-order valence-corrected chi connectivity index (χ0v) is 20.1. The van der Waals surface area contributed by atoms with Gasteiger partial charge in [-0.25, -0.2) is 0 Å². The fourth-order valence-electron chi connectivity index (χ4n) is 8.74. The molecule has 0 bridgehead atoms. The topological polar surface area (TPSA) is 58.7 Å². The molecule has 4 fully saturated rings. The number of hydrogen-bond donors (Lipinski definition) is 0. The van der Waals surface area contributed by atoms with Crippen LogP contribution in [0.1, 0.15) is 70.8 Å². The number of carbonyl (C=O) groups excluding carboxylic acids is 1. The van der Waals surface area contributed by atoms with Crippen molar-refractivity contribution in [2.45, 2.75) is 77.0 Å². The molecule has 9 atom stereocenters. The van der Waals surface area contributed by atoms with E-state index in [9.17, 15) is 4.79 Å². The highest BCUT2D eigenvalue weighted by Crippen LogP contribution is 2.65. The largest absolute Gasteiger partial charge is 0.297 e. The quantitative estimate of drug-likeness (QED) is 0.615. The van der Waals surface area contributed by atoms with Gasteiger partial charge >= 0.3 is 0 Å². The molecule has 0 radical (unpaired) electrons. The third kappa shape index (κ3) is 3.58. The zero-order valence-electron chi connectivity index (χ0n) is 19.3. The van der Waals surface area contributed by atoms with Crippen molar-refractivity contribution in [3.63, 3.8) is 0 Å². The number of Topliss-reactive ketones (excluding diaryl/α,β-unsaturated/α-hetero) is 1. The number of aromatic nitrogens is 2. The molecule has 5 rings (SSSR count). The molecule has 0 aliphatic heterocycles. The summed E-state index contributed by atoms with van der Waals surface area (Å²) in [7, 11) is 0. The molecule has 0 saturated heterocycles. The van der Waals surface area contributed by atoms with E-state index in [2.05, 4.69) is 43.0 Å². The van der Waals surface area contributed by atoms with Crippen LogP contribution in [0.4, 0.5) is 0 Å². The summed E-state index contributed by atoms with van der Waals surface area (Å²) in [6.45, 7) is 5.23. The van der Waals surface area contributed by atoms with Gasteiger partial charge in [-0.2, -0.15) is 22.1 Å². The van der Waals surface area contributed by atoms with Crippen molar-refractivity contribution in [3.05, 3.63) is 18.0 Å². The van der Waals surface area contributed by atoms with E-state index in [0.717, 1.165) is 47.2 Å². The molecule has 0 N–H and O–H groups in total. The van der Waals surface area contributed by atoms with Gasteiger partial charge < -0.3 is 0 Å². The number of fused-ring (bicyclic) bond motifs is 5. The van der Waals surface area contributed by atoms with Gasteiger partial charge in [-0.15, -0.1) is 0 Å². The maximum Gasteiger partial charge on any atom is 0.157 e. The zero-order chi connectivity index (χ0) is 21.8. The van der Waals surface area contributed by atoms with Crippen molar-refractivity contribution >= 4 is 17.5 Å². The monoisotopic (exact) mass is 439 g/mol. The molecule has 1 aromatic heterocycles. The smallest absolute Gasteiger partial charge is 0.157 e. The van der Waals surface area contributed by atoms with Crippen LogP contribution in [0.2, 0.25) is 0 Å². The summed E-state index contributed by atoms with van der Waals surface area (Å²) < 4.78 is 1.67. The molecule has 2 unspecified atom stereocenters. The van der Waals surface area contributed by atoms with Crippen molar-refractivity contribution in [3.8, 4) is 6.07 Å². The van der Waals surface area contributed by atoms with E-state index in [4.69, 9.17) is 5.26 Å². The Bertz CT molecular complexity index is 866. The number of nitriles is 1. The van der Waals surface area contributed by atoms with Crippen LogP contribution in [-0.2, 0) is 11.3 Å². The standard InChI is InChI=1S/C26H37N3OS/c1-16-10-18-4-5-19-20(25(18)24(11-16)31-3)8-9-26(2)21(19)6-7-22(26)23(30)15-29-14-17(12-27)13-28-29/h13-14,16,18-22,24-25H,4-11,15H2,1-3H3/t16-,18-,19?,20+,21+,22-,24?,25+,26+/m1/s1. The molecular formula is C26H37N3OS. The van der Waals surface area contributed by atoms with Gasteiger partial charge in [-0.3, -0.25) is 9.48 Å². The van der Waals surface area contributed by atoms with E-state index < -0.39 is 0 Å².